The maximum Gasteiger partial charge on any atom is 0.319 e. The Morgan fingerprint density at radius 1 is 0.971 bits per heavy atom. The van der Waals surface area contributed by atoms with Crippen molar-refractivity contribution < 1.29 is 9.59 Å². The van der Waals surface area contributed by atoms with Gasteiger partial charge in [-0.15, -0.1) is 0 Å². The summed E-state index contributed by atoms with van der Waals surface area (Å²) in [7, 11) is 3.53. The van der Waals surface area contributed by atoms with Crippen molar-refractivity contribution in [1.82, 2.24) is 19.7 Å². The van der Waals surface area contributed by atoms with Gasteiger partial charge in [0.05, 0.1) is 11.4 Å². The molecule has 2 aliphatic heterocycles. The molecule has 3 heterocycles. The molecule has 0 radical (unpaired) electrons. The highest BCUT2D eigenvalue weighted by molar-refractivity contribution is 5.96. The first kappa shape index (κ1) is 24.0. The molecule has 0 unspecified atom stereocenters. The number of piperidine rings is 1. The van der Waals surface area contributed by atoms with Gasteiger partial charge in [0.2, 0.25) is 5.91 Å². The van der Waals surface area contributed by atoms with Gasteiger partial charge in [-0.2, -0.15) is 0 Å². The largest absolute Gasteiger partial charge is 0.367 e. The second-order valence-corrected chi connectivity index (χ2v) is 9.38. The van der Waals surface area contributed by atoms with Crippen molar-refractivity contribution in [3.05, 3.63) is 54.4 Å². The summed E-state index contributed by atoms with van der Waals surface area (Å²) in [6.45, 7) is 6.18. The Kier molecular flexibility index (Phi) is 8.00. The van der Waals surface area contributed by atoms with Crippen LogP contribution in [-0.2, 0) is 11.2 Å². The lowest BCUT2D eigenvalue weighted by Crippen LogP contribution is -2.47. The molecule has 0 aliphatic carbocycles. The molecule has 1 N–H and O–H groups in total. The average molecular weight is 465 g/mol. The highest BCUT2D eigenvalue weighted by atomic mass is 16.2. The highest BCUT2D eigenvalue weighted by Gasteiger charge is 2.29. The molecule has 2 fully saturated rings. The molecule has 3 amide bonds. The van der Waals surface area contributed by atoms with Gasteiger partial charge in [-0.1, -0.05) is 12.1 Å². The second-order valence-electron chi connectivity index (χ2n) is 9.38. The molecule has 2 aromatic rings. The van der Waals surface area contributed by atoms with E-state index in [0.717, 1.165) is 50.5 Å². The van der Waals surface area contributed by atoms with Gasteiger partial charge < -0.3 is 20.0 Å². The van der Waals surface area contributed by atoms with Crippen molar-refractivity contribution in [1.29, 1.82) is 0 Å². The molecule has 0 spiro atoms. The van der Waals surface area contributed by atoms with E-state index in [-0.39, 0.29) is 17.9 Å². The van der Waals surface area contributed by atoms with Crippen LogP contribution >= 0.6 is 0 Å². The first-order valence-corrected chi connectivity index (χ1v) is 12.2. The molecule has 182 valence electrons. The van der Waals surface area contributed by atoms with E-state index in [4.69, 9.17) is 0 Å². The maximum absolute atomic E-state index is 13.0. The number of hydrogen-bond donors (Lipinski definition) is 1. The Hall–Kier alpha value is -3.13. The number of benzene rings is 1. The monoisotopic (exact) mass is 464 g/mol. The van der Waals surface area contributed by atoms with Crippen LogP contribution in [0.5, 0.6) is 0 Å². The molecule has 8 heteroatoms. The van der Waals surface area contributed by atoms with Crippen LogP contribution < -0.4 is 10.2 Å². The number of amides is 3. The normalized spacial score (nSPS) is 17.5. The minimum atomic E-state index is -0.0655. The summed E-state index contributed by atoms with van der Waals surface area (Å²) in [6.07, 6.45) is 6.14. The lowest BCUT2D eigenvalue weighted by molar-refractivity contribution is -0.121. The third-order valence-electron chi connectivity index (χ3n) is 6.86. The summed E-state index contributed by atoms with van der Waals surface area (Å²) < 4.78 is 0. The molecule has 0 saturated carbocycles. The van der Waals surface area contributed by atoms with Crippen LogP contribution in [0.25, 0.3) is 0 Å². The Balaban J connectivity index is 1.29. The Morgan fingerprint density at radius 2 is 1.65 bits per heavy atom. The fourth-order valence-electron chi connectivity index (χ4n) is 4.75. The van der Waals surface area contributed by atoms with Crippen LogP contribution in [0.15, 0.2) is 48.8 Å². The molecule has 0 atom stereocenters. The molecule has 1 aromatic carbocycles. The molecule has 2 aliphatic rings. The summed E-state index contributed by atoms with van der Waals surface area (Å²) >= 11 is 0. The summed E-state index contributed by atoms with van der Waals surface area (Å²) in [5.74, 6) is -0.00955. The Bertz CT molecular complexity index is 951. The summed E-state index contributed by atoms with van der Waals surface area (Å²) in [5, 5.41) is 3.19. The number of likely N-dealkylation sites (tertiary alicyclic amines) is 1. The number of carbonyl (C=O) groups is 2. The summed E-state index contributed by atoms with van der Waals surface area (Å²) in [5.41, 5.74) is 3.29. The lowest BCUT2D eigenvalue weighted by Gasteiger charge is -2.37. The minimum absolute atomic E-state index is 0.0177. The number of urea groups is 1. The highest BCUT2D eigenvalue weighted by Crippen LogP contribution is 2.28. The third-order valence-corrected chi connectivity index (χ3v) is 6.86. The number of rotatable bonds is 6. The van der Waals surface area contributed by atoms with Gasteiger partial charge in [0, 0.05) is 78.2 Å². The molecular formula is C26H36N6O2. The van der Waals surface area contributed by atoms with Gasteiger partial charge in [-0.25, -0.2) is 4.79 Å². The van der Waals surface area contributed by atoms with Crippen molar-refractivity contribution in [2.45, 2.75) is 19.3 Å². The number of piperazine rings is 1. The van der Waals surface area contributed by atoms with Crippen LogP contribution in [0.2, 0.25) is 0 Å². The fraction of sp³-hybridized carbons (Fsp3) is 0.500. The quantitative estimate of drug-likeness (QED) is 0.712. The zero-order valence-corrected chi connectivity index (χ0v) is 20.3. The number of nitrogens with zero attached hydrogens (tertiary/aromatic N) is 5. The Labute approximate surface area is 202 Å². The molecular weight excluding hydrogens is 428 g/mol. The van der Waals surface area contributed by atoms with E-state index < -0.39 is 0 Å². The summed E-state index contributed by atoms with van der Waals surface area (Å²) in [4.78, 5) is 37.6. The van der Waals surface area contributed by atoms with Gasteiger partial charge in [0.15, 0.2) is 0 Å². The fourth-order valence-corrected chi connectivity index (χ4v) is 4.75. The van der Waals surface area contributed by atoms with Crippen LogP contribution in [-0.4, -0.2) is 91.5 Å². The number of aromatic nitrogens is 1. The van der Waals surface area contributed by atoms with E-state index in [0.29, 0.717) is 25.9 Å². The first-order chi connectivity index (χ1) is 16.5. The lowest BCUT2D eigenvalue weighted by atomic mass is 9.96. The van der Waals surface area contributed by atoms with Gasteiger partial charge in [-0.3, -0.25) is 14.7 Å². The van der Waals surface area contributed by atoms with E-state index in [9.17, 15) is 9.59 Å². The van der Waals surface area contributed by atoms with Crippen molar-refractivity contribution >= 4 is 23.3 Å². The van der Waals surface area contributed by atoms with Gasteiger partial charge in [0.25, 0.3) is 0 Å². The van der Waals surface area contributed by atoms with E-state index >= 15 is 0 Å². The number of carbonyl (C=O) groups excluding carboxylic acids is 2. The van der Waals surface area contributed by atoms with Gasteiger partial charge >= 0.3 is 6.03 Å². The molecule has 4 rings (SSSR count). The number of para-hydroxylation sites is 2. The number of anilines is 2. The molecule has 1 aromatic heterocycles. The molecule has 34 heavy (non-hydrogen) atoms. The Morgan fingerprint density at radius 3 is 2.32 bits per heavy atom. The zero-order valence-electron chi connectivity index (χ0n) is 20.3. The second kappa shape index (κ2) is 11.3. The number of nitrogens with one attached hydrogen (secondary N) is 1. The van der Waals surface area contributed by atoms with Crippen LogP contribution in [0.1, 0.15) is 18.4 Å². The van der Waals surface area contributed by atoms with Crippen molar-refractivity contribution in [2.75, 3.05) is 70.1 Å². The predicted molar refractivity (Wildman–Crippen MR) is 135 cm³/mol. The standard InChI is InChI=1S/C26H36N6O2/c1-29(2)26(34)32-15-10-22(11-16-32)25(33)28-23-5-3-4-6-24(23)31-19-17-30(18-20-31)14-9-21-7-12-27-13-8-21/h3-8,12-13,22H,9-11,14-20H2,1-2H3,(H,28,33). The summed E-state index contributed by atoms with van der Waals surface area (Å²) in [6, 6.07) is 12.3. The number of pyridine rings is 1. The van der Waals surface area contributed by atoms with E-state index in [1.54, 1.807) is 19.0 Å². The number of hydrogen-bond acceptors (Lipinski definition) is 5. The molecule has 8 nitrogen and oxygen atoms in total. The SMILES string of the molecule is CN(C)C(=O)N1CCC(C(=O)Nc2ccccc2N2CCN(CCc3ccncc3)CC2)CC1. The van der Waals surface area contributed by atoms with Crippen LogP contribution in [0.4, 0.5) is 16.2 Å². The molecule has 2 saturated heterocycles. The van der Waals surface area contributed by atoms with Crippen molar-refractivity contribution in [3.8, 4) is 0 Å². The minimum Gasteiger partial charge on any atom is -0.367 e. The zero-order chi connectivity index (χ0) is 23.9. The van der Waals surface area contributed by atoms with E-state index in [1.807, 2.05) is 35.5 Å². The van der Waals surface area contributed by atoms with E-state index in [2.05, 4.69) is 38.3 Å². The first-order valence-electron chi connectivity index (χ1n) is 12.2. The molecule has 0 bridgehead atoms. The maximum atomic E-state index is 13.0. The van der Waals surface area contributed by atoms with Gasteiger partial charge in [0.1, 0.15) is 0 Å². The third kappa shape index (κ3) is 6.05. The topological polar surface area (TPSA) is 72.0 Å². The van der Waals surface area contributed by atoms with Crippen LogP contribution in [0, 0.1) is 5.92 Å². The smallest absolute Gasteiger partial charge is 0.319 e. The van der Waals surface area contributed by atoms with E-state index in [1.165, 1.54) is 5.56 Å². The predicted octanol–water partition coefficient (Wildman–Crippen LogP) is 2.78. The van der Waals surface area contributed by atoms with Gasteiger partial charge in [-0.05, 0) is 49.1 Å². The van der Waals surface area contributed by atoms with Crippen LogP contribution in [0.3, 0.4) is 0 Å². The van der Waals surface area contributed by atoms with Crippen molar-refractivity contribution in [2.24, 2.45) is 5.92 Å². The van der Waals surface area contributed by atoms with Crippen molar-refractivity contribution in [3.63, 3.8) is 0 Å². The average Bonchev–Trinajstić information content (AvgIpc) is 2.88.